The van der Waals surface area contributed by atoms with Crippen LogP contribution < -0.4 is 10.5 Å². The minimum Gasteiger partial charge on any atom is -0.493 e. The second-order valence-corrected chi connectivity index (χ2v) is 7.63. The molecule has 2 rings (SSSR count). The van der Waals surface area contributed by atoms with Gasteiger partial charge in [-0.05, 0) is 31.0 Å². The van der Waals surface area contributed by atoms with Crippen molar-refractivity contribution in [1.29, 1.82) is 0 Å². The molecular weight excluding hydrogens is 286 g/mol. The Balaban J connectivity index is 2.19. The molecule has 1 atom stereocenters. The van der Waals surface area contributed by atoms with Gasteiger partial charge in [-0.15, -0.1) is 0 Å². The first-order chi connectivity index (χ1) is 8.87. The van der Waals surface area contributed by atoms with Crippen LogP contribution >= 0.6 is 11.6 Å². The summed E-state index contributed by atoms with van der Waals surface area (Å²) in [7, 11) is -3.19. The molecule has 1 heterocycles. The number of halogens is 1. The van der Waals surface area contributed by atoms with E-state index in [0.29, 0.717) is 29.4 Å². The van der Waals surface area contributed by atoms with E-state index in [4.69, 9.17) is 22.1 Å². The van der Waals surface area contributed by atoms with Gasteiger partial charge >= 0.3 is 0 Å². The van der Waals surface area contributed by atoms with Crippen LogP contribution in [0, 0.1) is 0 Å². The lowest BCUT2D eigenvalue weighted by Crippen LogP contribution is -2.20. The number of sulfone groups is 1. The van der Waals surface area contributed by atoms with Crippen LogP contribution in [0.3, 0.4) is 0 Å². The van der Waals surface area contributed by atoms with Crippen molar-refractivity contribution in [2.24, 2.45) is 5.73 Å². The summed E-state index contributed by atoms with van der Waals surface area (Å²) in [4.78, 5) is 0. The molecule has 19 heavy (non-hydrogen) atoms. The molecule has 4 nitrogen and oxygen atoms in total. The van der Waals surface area contributed by atoms with Gasteiger partial charge in [-0.1, -0.05) is 11.6 Å². The summed E-state index contributed by atoms with van der Waals surface area (Å²) in [6.07, 6.45) is 1.24. The average Bonchev–Trinajstić information content (AvgIpc) is 2.74. The maximum Gasteiger partial charge on any atom is 0.154 e. The molecule has 0 spiro atoms. The molecule has 0 aromatic heterocycles. The van der Waals surface area contributed by atoms with Crippen LogP contribution in [0.15, 0.2) is 12.1 Å². The zero-order valence-corrected chi connectivity index (χ0v) is 12.4. The maximum absolute atomic E-state index is 12.1. The minimum absolute atomic E-state index is 0.0391. The van der Waals surface area contributed by atoms with Crippen molar-refractivity contribution >= 4 is 21.4 Å². The van der Waals surface area contributed by atoms with Crippen molar-refractivity contribution in [3.8, 4) is 5.75 Å². The Morgan fingerprint density at radius 2 is 2.21 bits per heavy atom. The van der Waals surface area contributed by atoms with Crippen LogP contribution in [0.4, 0.5) is 0 Å². The highest BCUT2D eigenvalue weighted by molar-refractivity contribution is 7.90. The smallest absolute Gasteiger partial charge is 0.154 e. The van der Waals surface area contributed by atoms with Gasteiger partial charge in [-0.25, -0.2) is 8.42 Å². The normalized spacial score (nSPS) is 15.9. The molecule has 1 unspecified atom stereocenters. The first-order valence-electron chi connectivity index (χ1n) is 6.27. The van der Waals surface area contributed by atoms with Crippen molar-refractivity contribution in [1.82, 2.24) is 0 Å². The highest BCUT2D eigenvalue weighted by Gasteiger charge is 2.22. The van der Waals surface area contributed by atoms with Crippen LogP contribution in [-0.4, -0.2) is 26.8 Å². The number of hydrogen-bond donors (Lipinski definition) is 1. The Hall–Kier alpha value is -0.780. The van der Waals surface area contributed by atoms with Gasteiger partial charge in [0.05, 0.1) is 18.1 Å². The van der Waals surface area contributed by atoms with E-state index < -0.39 is 9.84 Å². The average molecular weight is 304 g/mol. The number of rotatable bonds is 5. The molecule has 1 aliphatic heterocycles. The number of hydrogen-bond acceptors (Lipinski definition) is 4. The van der Waals surface area contributed by atoms with E-state index in [1.165, 1.54) is 0 Å². The first kappa shape index (κ1) is 14.6. The van der Waals surface area contributed by atoms with E-state index in [1.54, 1.807) is 13.0 Å². The van der Waals surface area contributed by atoms with Gasteiger partial charge in [0.2, 0.25) is 0 Å². The van der Waals surface area contributed by atoms with Crippen LogP contribution in [-0.2, 0) is 22.0 Å². The molecule has 0 saturated heterocycles. The van der Waals surface area contributed by atoms with Gasteiger partial charge in [-0.3, -0.25) is 0 Å². The van der Waals surface area contributed by atoms with Crippen LogP contribution in [0.5, 0.6) is 5.75 Å². The SMILES string of the molecule is CC(N)CCS(=O)(=O)Cc1cc(Cl)cc2c1OCC2. The molecule has 0 fully saturated rings. The summed E-state index contributed by atoms with van der Waals surface area (Å²) in [5, 5.41) is 0.557. The van der Waals surface area contributed by atoms with Crippen LogP contribution in [0.1, 0.15) is 24.5 Å². The predicted octanol–water partition coefficient (Wildman–Crippen LogP) is 1.93. The van der Waals surface area contributed by atoms with Crippen molar-refractivity contribution in [3.05, 3.63) is 28.3 Å². The van der Waals surface area contributed by atoms with E-state index >= 15 is 0 Å². The van der Waals surface area contributed by atoms with Crippen molar-refractivity contribution in [2.75, 3.05) is 12.4 Å². The fraction of sp³-hybridized carbons (Fsp3) is 0.538. The fourth-order valence-electron chi connectivity index (χ4n) is 2.13. The third kappa shape index (κ3) is 3.84. The van der Waals surface area contributed by atoms with E-state index in [1.807, 2.05) is 6.07 Å². The third-order valence-corrected chi connectivity index (χ3v) is 4.91. The first-order valence-corrected chi connectivity index (χ1v) is 8.47. The number of nitrogens with two attached hydrogens (primary N) is 1. The van der Waals surface area contributed by atoms with Gasteiger partial charge in [0.25, 0.3) is 0 Å². The lowest BCUT2D eigenvalue weighted by molar-refractivity contribution is 0.354. The third-order valence-electron chi connectivity index (χ3n) is 3.08. The molecule has 2 N–H and O–H groups in total. The summed E-state index contributed by atoms with van der Waals surface area (Å²) in [5.74, 6) is 0.739. The Morgan fingerprint density at radius 3 is 2.89 bits per heavy atom. The largest absolute Gasteiger partial charge is 0.493 e. The predicted molar refractivity (Wildman–Crippen MR) is 76.4 cm³/mol. The molecule has 1 aromatic carbocycles. The molecular formula is C13H18ClNO3S. The molecule has 106 valence electrons. The zero-order valence-electron chi connectivity index (χ0n) is 10.9. The maximum atomic E-state index is 12.1. The highest BCUT2D eigenvalue weighted by atomic mass is 35.5. The lowest BCUT2D eigenvalue weighted by Gasteiger charge is -2.10. The number of ether oxygens (including phenoxy) is 1. The Morgan fingerprint density at radius 1 is 1.47 bits per heavy atom. The lowest BCUT2D eigenvalue weighted by atomic mass is 10.1. The molecule has 0 amide bonds. The monoisotopic (exact) mass is 303 g/mol. The second-order valence-electron chi connectivity index (χ2n) is 5.01. The molecule has 0 aliphatic carbocycles. The molecule has 0 bridgehead atoms. The number of fused-ring (bicyclic) bond motifs is 1. The summed E-state index contributed by atoms with van der Waals surface area (Å²) in [5.41, 5.74) is 7.24. The topological polar surface area (TPSA) is 69.4 Å². The van der Waals surface area contributed by atoms with Crippen molar-refractivity contribution < 1.29 is 13.2 Å². The van der Waals surface area contributed by atoms with Gasteiger partial charge in [-0.2, -0.15) is 0 Å². The summed E-state index contributed by atoms with van der Waals surface area (Å²) in [6, 6.07) is 3.40. The summed E-state index contributed by atoms with van der Waals surface area (Å²) < 4.78 is 29.6. The van der Waals surface area contributed by atoms with Crippen molar-refractivity contribution in [2.45, 2.75) is 31.6 Å². The van der Waals surface area contributed by atoms with Gasteiger partial charge in [0.15, 0.2) is 9.84 Å². The van der Waals surface area contributed by atoms with E-state index in [9.17, 15) is 8.42 Å². The van der Waals surface area contributed by atoms with E-state index in [-0.39, 0.29) is 17.5 Å². The van der Waals surface area contributed by atoms with Crippen molar-refractivity contribution in [3.63, 3.8) is 0 Å². The van der Waals surface area contributed by atoms with E-state index in [2.05, 4.69) is 0 Å². The van der Waals surface area contributed by atoms with Gasteiger partial charge < -0.3 is 10.5 Å². The second kappa shape index (κ2) is 5.69. The Kier molecular flexibility index (Phi) is 4.38. The highest BCUT2D eigenvalue weighted by Crippen LogP contribution is 2.34. The molecule has 1 aliphatic rings. The zero-order chi connectivity index (χ0) is 14.0. The van der Waals surface area contributed by atoms with Crippen LogP contribution in [0.25, 0.3) is 0 Å². The Labute approximate surface area is 118 Å². The standard InChI is InChI=1S/C13H18ClNO3S/c1-9(15)3-5-19(16,17)8-11-7-12(14)6-10-2-4-18-13(10)11/h6-7,9H,2-5,8,15H2,1H3. The summed E-state index contributed by atoms with van der Waals surface area (Å²) in [6.45, 7) is 2.39. The molecule has 6 heteroatoms. The van der Waals surface area contributed by atoms with E-state index in [0.717, 1.165) is 12.0 Å². The quantitative estimate of drug-likeness (QED) is 0.902. The molecule has 0 saturated carbocycles. The van der Waals surface area contributed by atoms with Gasteiger partial charge in [0.1, 0.15) is 5.75 Å². The fourth-order valence-corrected chi connectivity index (χ4v) is 3.95. The number of benzene rings is 1. The summed E-state index contributed by atoms with van der Waals surface area (Å²) >= 11 is 6.01. The Bertz CT molecular complexity index is 569. The minimum atomic E-state index is -3.19. The van der Waals surface area contributed by atoms with Gasteiger partial charge in [0, 0.05) is 23.0 Å². The molecule has 0 radical (unpaired) electrons. The molecule has 1 aromatic rings. The van der Waals surface area contributed by atoms with Crippen LogP contribution in [0.2, 0.25) is 5.02 Å².